The lowest BCUT2D eigenvalue weighted by Crippen LogP contribution is -2.34. The summed E-state index contributed by atoms with van der Waals surface area (Å²) in [5.74, 6) is -0.851. The predicted molar refractivity (Wildman–Crippen MR) is 34.2 cm³/mol. The standard InChI is InChI=1S/C5H12N2O2/c1-4(6)2-7-3-5(8)9/h4,7H,2-3,6H2,1H3,(H,8,9). The van der Waals surface area contributed by atoms with Crippen molar-refractivity contribution < 1.29 is 9.90 Å². The molecular weight excluding hydrogens is 120 g/mol. The van der Waals surface area contributed by atoms with Gasteiger partial charge in [0.15, 0.2) is 0 Å². The van der Waals surface area contributed by atoms with Crippen LogP contribution in [0.4, 0.5) is 0 Å². The molecule has 0 aromatic heterocycles. The van der Waals surface area contributed by atoms with E-state index in [9.17, 15) is 4.79 Å². The van der Waals surface area contributed by atoms with Gasteiger partial charge in [0.25, 0.3) is 0 Å². The van der Waals surface area contributed by atoms with Crippen LogP contribution in [-0.2, 0) is 4.79 Å². The van der Waals surface area contributed by atoms with Gasteiger partial charge in [-0.05, 0) is 6.92 Å². The van der Waals surface area contributed by atoms with Gasteiger partial charge in [0.1, 0.15) is 0 Å². The van der Waals surface area contributed by atoms with E-state index in [1.807, 2.05) is 6.92 Å². The molecule has 0 aromatic carbocycles. The zero-order valence-electron chi connectivity index (χ0n) is 5.42. The Balaban J connectivity index is 3.01. The molecule has 0 heterocycles. The summed E-state index contributed by atoms with van der Waals surface area (Å²) in [6.07, 6.45) is 0. The first-order valence-electron chi connectivity index (χ1n) is 2.81. The van der Waals surface area contributed by atoms with E-state index in [-0.39, 0.29) is 12.6 Å². The third-order valence-electron chi connectivity index (χ3n) is 0.743. The van der Waals surface area contributed by atoms with Crippen LogP contribution in [0, 0.1) is 0 Å². The number of aliphatic carboxylic acids is 1. The molecule has 4 nitrogen and oxygen atoms in total. The Morgan fingerprint density at radius 1 is 1.89 bits per heavy atom. The van der Waals surface area contributed by atoms with Gasteiger partial charge in [-0.3, -0.25) is 4.79 Å². The van der Waals surface area contributed by atoms with Crippen molar-refractivity contribution in [3.63, 3.8) is 0 Å². The lowest BCUT2D eigenvalue weighted by molar-refractivity contribution is -0.135. The van der Waals surface area contributed by atoms with Crippen LogP contribution in [-0.4, -0.2) is 30.2 Å². The first kappa shape index (κ1) is 8.39. The van der Waals surface area contributed by atoms with Crippen molar-refractivity contribution in [2.75, 3.05) is 13.1 Å². The zero-order valence-corrected chi connectivity index (χ0v) is 5.42. The molecule has 0 aliphatic rings. The van der Waals surface area contributed by atoms with E-state index in [0.717, 1.165) is 0 Å². The number of carbonyl (C=O) groups is 1. The van der Waals surface area contributed by atoms with Crippen LogP contribution in [0.25, 0.3) is 0 Å². The molecule has 0 spiro atoms. The van der Waals surface area contributed by atoms with Crippen LogP contribution in [0.1, 0.15) is 6.92 Å². The predicted octanol–water partition coefficient (Wildman–Crippen LogP) is -0.992. The summed E-state index contributed by atoms with van der Waals surface area (Å²) in [4.78, 5) is 9.88. The molecule has 0 aliphatic carbocycles. The van der Waals surface area contributed by atoms with Crippen molar-refractivity contribution >= 4 is 5.97 Å². The van der Waals surface area contributed by atoms with E-state index in [2.05, 4.69) is 5.32 Å². The highest BCUT2D eigenvalue weighted by atomic mass is 16.4. The molecule has 0 radical (unpaired) electrons. The van der Waals surface area contributed by atoms with Crippen LogP contribution in [0.3, 0.4) is 0 Å². The van der Waals surface area contributed by atoms with Gasteiger partial charge in [-0.1, -0.05) is 0 Å². The minimum atomic E-state index is -0.851. The topological polar surface area (TPSA) is 75.3 Å². The Hall–Kier alpha value is -0.610. The van der Waals surface area contributed by atoms with Gasteiger partial charge < -0.3 is 16.2 Å². The van der Waals surface area contributed by atoms with E-state index in [0.29, 0.717) is 6.54 Å². The van der Waals surface area contributed by atoms with E-state index in [1.54, 1.807) is 0 Å². The van der Waals surface area contributed by atoms with Crippen LogP contribution in [0.2, 0.25) is 0 Å². The van der Waals surface area contributed by atoms with Gasteiger partial charge in [0, 0.05) is 12.6 Å². The summed E-state index contributed by atoms with van der Waals surface area (Å²) < 4.78 is 0. The van der Waals surface area contributed by atoms with Crippen LogP contribution in [0.5, 0.6) is 0 Å². The Kier molecular flexibility index (Phi) is 4.00. The van der Waals surface area contributed by atoms with Gasteiger partial charge in [-0.25, -0.2) is 0 Å². The molecule has 0 saturated heterocycles. The average molecular weight is 132 g/mol. The van der Waals surface area contributed by atoms with Gasteiger partial charge in [-0.2, -0.15) is 0 Å². The third kappa shape index (κ3) is 7.39. The second-order valence-electron chi connectivity index (χ2n) is 2.00. The molecular formula is C5H12N2O2. The highest BCUT2D eigenvalue weighted by Crippen LogP contribution is 1.68. The molecule has 4 N–H and O–H groups in total. The maximum atomic E-state index is 9.88. The molecule has 0 rings (SSSR count). The fourth-order valence-corrected chi connectivity index (χ4v) is 0.407. The average Bonchev–Trinajstić information content (AvgIpc) is 1.63. The SMILES string of the molecule is CC(N)CNCC(=O)O. The number of hydrogen-bond acceptors (Lipinski definition) is 3. The quantitative estimate of drug-likeness (QED) is 0.459. The third-order valence-corrected chi connectivity index (χ3v) is 0.743. The minimum absolute atomic E-state index is 0.0124. The summed E-state index contributed by atoms with van der Waals surface area (Å²) >= 11 is 0. The van der Waals surface area contributed by atoms with Gasteiger partial charge >= 0.3 is 5.97 Å². The summed E-state index contributed by atoms with van der Waals surface area (Å²) in [5.41, 5.74) is 5.32. The van der Waals surface area contributed by atoms with Crippen molar-refractivity contribution in [3.8, 4) is 0 Å². The number of carboxylic acids is 1. The van der Waals surface area contributed by atoms with E-state index in [4.69, 9.17) is 10.8 Å². The molecule has 1 atom stereocenters. The highest BCUT2D eigenvalue weighted by molar-refractivity contribution is 5.68. The van der Waals surface area contributed by atoms with Gasteiger partial charge in [0.2, 0.25) is 0 Å². The fourth-order valence-electron chi connectivity index (χ4n) is 0.407. The molecule has 0 aromatic rings. The van der Waals surface area contributed by atoms with Crippen molar-refractivity contribution in [2.24, 2.45) is 5.73 Å². The molecule has 1 unspecified atom stereocenters. The smallest absolute Gasteiger partial charge is 0.317 e. The highest BCUT2D eigenvalue weighted by Gasteiger charge is 1.95. The Labute approximate surface area is 54.0 Å². The molecule has 0 fully saturated rings. The van der Waals surface area contributed by atoms with E-state index >= 15 is 0 Å². The molecule has 0 bridgehead atoms. The summed E-state index contributed by atoms with van der Waals surface area (Å²) in [6, 6.07) is 0.0179. The summed E-state index contributed by atoms with van der Waals surface area (Å²) in [5, 5.41) is 10.8. The zero-order chi connectivity index (χ0) is 7.28. The van der Waals surface area contributed by atoms with Crippen molar-refractivity contribution in [1.82, 2.24) is 5.32 Å². The first-order chi connectivity index (χ1) is 4.13. The number of rotatable bonds is 4. The van der Waals surface area contributed by atoms with Crippen LogP contribution >= 0.6 is 0 Å². The molecule has 4 heteroatoms. The fraction of sp³-hybridized carbons (Fsp3) is 0.800. The lowest BCUT2D eigenvalue weighted by Gasteiger charge is -2.03. The van der Waals surface area contributed by atoms with Crippen LogP contribution in [0.15, 0.2) is 0 Å². The number of nitrogens with two attached hydrogens (primary N) is 1. The maximum absolute atomic E-state index is 9.88. The number of carboxylic acid groups (broad SMARTS) is 1. The Morgan fingerprint density at radius 3 is 2.78 bits per heavy atom. The van der Waals surface area contributed by atoms with Crippen molar-refractivity contribution in [3.05, 3.63) is 0 Å². The first-order valence-corrected chi connectivity index (χ1v) is 2.81. The van der Waals surface area contributed by atoms with Crippen molar-refractivity contribution in [2.45, 2.75) is 13.0 Å². The lowest BCUT2D eigenvalue weighted by atomic mass is 10.4. The molecule has 0 amide bonds. The molecule has 54 valence electrons. The van der Waals surface area contributed by atoms with Crippen molar-refractivity contribution in [1.29, 1.82) is 0 Å². The second kappa shape index (κ2) is 4.29. The molecule has 0 saturated carbocycles. The molecule has 9 heavy (non-hydrogen) atoms. The van der Waals surface area contributed by atoms with Gasteiger partial charge in [-0.15, -0.1) is 0 Å². The number of nitrogens with one attached hydrogen (secondary N) is 1. The Bertz CT molecular complexity index is 93.0. The maximum Gasteiger partial charge on any atom is 0.317 e. The Morgan fingerprint density at radius 2 is 2.44 bits per heavy atom. The monoisotopic (exact) mass is 132 g/mol. The summed E-state index contributed by atoms with van der Waals surface area (Å²) in [6.45, 7) is 2.35. The second-order valence-corrected chi connectivity index (χ2v) is 2.00. The molecule has 0 aliphatic heterocycles. The van der Waals surface area contributed by atoms with E-state index < -0.39 is 5.97 Å². The van der Waals surface area contributed by atoms with Gasteiger partial charge in [0.05, 0.1) is 6.54 Å². The number of hydrogen-bond donors (Lipinski definition) is 3. The minimum Gasteiger partial charge on any atom is -0.480 e. The van der Waals surface area contributed by atoms with Crippen LogP contribution < -0.4 is 11.1 Å². The normalized spacial score (nSPS) is 13.1. The largest absolute Gasteiger partial charge is 0.480 e. The van der Waals surface area contributed by atoms with E-state index in [1.165, 1.54) is 0 Å². The summed E-state index contributed by atoms with van der Waals surface area (Å²) in [7, 11) is 0.